The summed E-state index contributed by atoms with van der Waals surface area (Å²) in [7, 11) is 0. The molecule has 2 heterocycles. The predicted octanol–water partition coefficient (Wildman–Crippen LogP) is 6.01. The summed E-state index contributed by atoms with van der Waals surface area (Å²) in [6, 6.07) is 16.1. The molecule has 0 aliphatic heterocycles. The van der Waals surface area contributed by atoms with E-state index in [0.29, 0.717) is 23.0 Å². The van der Waals surface area contributed by atoms with E-state index in [4.69, 9.17) is 9.72 Å². The molecule has 9 heteroatoms. The summed E-state index contributed by atoms with van der Waals surface area (Å²) in [5.41, 5.74) is 2.81. The highest BCUT2D eigenvalue weighted by Gasteiger charge is 2.23. The highest BCUT2D eigenvalue weighted by Crippen LogP contribution is 2.35. The number of fused-ring (bicyclic) bond motifs is 3. The number of para-hydroxylation sites is 1. The van der Waals surface area contributed by atoms with Gasteiger partial charge in [-0.15, -0.1) is 11.3 Å². The van der Waals surface area contributed by atoms with Gasteiger partial charge >= 0.3 is 5.97 Å². The summed E-state index contributed by atoms with van der Waals surface area (Å²) >= 11 is 2.84. The standard InChI is InChI=1S/C29H29N3O4S2/c1-2-3-17-36-28(35)19-13-15-20(16-14-19)30-24(33)18-37-29-31-26-25(22-11-7-8-12-23(22)38-26)27(34)32(29)21-9-5-4-6-10-21/h4-6,9-10,13-16H,2-3,7-8,11-12,17-18H2,1H3,(H,30,33). The van der Waals surface area contributed by atoms with E-state index in [1.54, 1.807) is 40.2 Å². The number of thiophene rings is 1. The average Bonchev–Trinajstić information content (AvgIpc) is 3.31. The van der Waals surface area contributed by atoms with Gasteiger partial charge in [0.05, 0.1) is 29.0 Å². The van der Waals surface area contributed by atoms with E-state index in [1.165, 1.54) is 16.6 Å². The highest BCUT2D eigenvalue weighted by atomic mass is 32.2. The van der Waals surface area contributed by atoms with Crippen LogP contribution in [-0.4, -0.2) is 33.8 Å². The maximum absolute atomic E-state index is 13.8. The lowest BCUT2D eigenvalue weighted by Gasteiger charge is -2.13. The molecule has 196 valence electrons. The van der Waals surface area contributed by atoms with Crippen molar-refractivity contribution in [2.24, 2.45) is 0 Å². The van der Waals surface area contributed by atoms with Gasteiger partial charge in [0.2, 0.25) is 5.91 Å². The Labute approximate surface area is 229 Å². The average molecular weight is 548 g/mol. The molecule has 0 unspecified atom stereocenters. The van der Waals surface area contributed by atoms with E-state index >= 15 is 0 Å². The second-order valence-electron chi connectivity index (χ2n) is 9.17. The molecular formula is C29H29N3O4S2. The molecule has 4 aromatic rings. The van der Waals surface area contributed by atoms with Gasteiger partial charge in [-0.05, 0) is 74.1 Å². The molecule has 0 saturated heterocycles. The quantitative estimate of drug-likeness (QED) is 0.119. The number of hydrogen-bond acceptors (Lipinski definition) is 7. The molecule has 2 aromatic carbocycles. The van der Waals surface area contributed by atoms with Crippen molar-refractivity contribution in [2.75, 3.05) is 17.7 Å². The molecule has 7 nitrogen and oxygen atoms in total. The predicted molar refractivity (Wildman–Crippen MR) is 153 cm³/mol. The number of esters is 1. The van der Waals surface area contributed by atoms with Gasteiger partial charge in [-0.1, -0.05) is 43.3 Å². The Hall–Kier alpha value is -3.43. The Balaban J connectivity index is 1.34. The van der Waals surface area contributed by atoms with Gasteiger partial charge in [0.1, 0.15) is 4.83 Å². The summed E-state index contributed by atoms with van der Waals surface area (Å²) in [6.45, 7) is 2.43. The van der Waals surface area contributed by atoms with Gasteiger partial charge in [-0.25, -0.2) is 9.78 Å². The van der Waals surface area contributed by atoms with E-state index in [-0.39, 0.29) is 23.2 Å². The van der Waals surface area contributed by atoms with Gasteiger partial charge in [-0.3, -0.25) is 14.2 Å². The molecule has 1 N–H and O–H groups in total. The Bertz CT molecular complexity index is 1510. The van der Waals surface area contributed by atoms with Crippen LogP contribution in [0.15, 0.2) is 64.5 Å². The third kappa shape index (κ3) is 5.68. The first-order valence-electron chi connectivity index (χ1n) is 12.9. The number of ether oxygens (including phenoxy) is 1. The Kier molecular flexibility index (Phi) is 8.24. The molecule has 38 heavy (non-hydrogen) atoms. The second kappa shape index (κ2) is 12.0. The largest absolute Gasteiger partial charge is 0.462 e. The molecule has 0 spiro atoms. The highest BCUT2D eigenvalue weighted by molar-refractivity contribution is 7.99. The maximum atomic E-state index is 13.8. The first-order valence-corrected chi connectivity index (χ1v) is 14.7. The summed E-state index contributed by atoms with van der Waals surface area (Å²) in [4.78, 5) is 45.5. The number of carbonyl (C=O) groups excluding carboxylic acids is 2. The zero-order valence-corrected chi connectivity index (χ0v) is 22.8. The van der Waals surface area contributed by atoms with E-state index in [2.05, 4.69) is 5.32 Å². The summed E-state index contributed by atoms with van der Waals surface area (Å²) in [5, 5.41) is 4.07. The van der Waals surface area contributed by atoms with Gasteiger partial charge in [0.15, 0.2) is 5.16 Å². The van der Waals surface area contributed by atoms with Crippen LogP contribution in [0.3, 0.4) is 0 Å². The molecule has 1 amide bonds. The summed E-state index contributed by atoms with van der Waals surface area (Å²) in [5.74, 6) is -0.522. The number of anilines is 1. The molecule has 0 radical (unpaired) electrons. The van der Waals surface area contributed by atoms with Crippen LogP contribution in [0.25, 0.3) is 15.9 Å². The SMILES string of the molecule is CCCCOC(=O)c1ccc(NC(=O)CSc2nc3sc4c(c3c(=O)n2-c2ccccc2)CCCC4)cc1. The van der Waals surface area contributed by atoms with Crippen LogP contribution in [0.1, 0.15) is 53.4 Å². The molecule has 5 rings (SSSR count). The van der Waals surface area contributed by atoms with Crippen molar-refractivity contribution >= 4 is 50.9 Å². The van der Waals surface area contributed by atoms with Crippen LogP contribution in [0, 0.1) is 0 Å². The minimum atomic E-state index is -0.373. The normalized spacial score (nSPS) is 12.8. The zero-order valence-electron chi connectivity index (χ0n) is 21.2. The summed E-state index contributed by atoms with van der Waals surface area (Å²) in [6.07, 6.45) is 5.89. The minimum Gasteiger partial charge on any atom is -0.462 e. The first-order chi connectivity index (χ1) is 18.5. The molecular weight excluding hydrogens is 518 g/mol. The fourth-order valence-corrected chi connectivity index (χ4v) is 6.61. The van der Waals surface area contributed by atoms with Crippen molar-refractivity contribution in [3.8, 4) is 5.69 Å². The number of amides is 1. The summed E-state index contributed by atoms with van der Waals surface area (Å²) < 4.78 is 6.85. The fraction of sp³-hybridized carbons (Fsp3) is 0.310. The lowest BCUT2D eigenvalue weighted by molar-refractivity contribution is -0.113. The molecule has 0 bridgehead atoms. The molecule has 2 aromatic heterocycles. The van der Waals surface area contributed by atoms with E-state index in [0.717, 1.165) is 60.0 Å². The number of thioether (sulfide) groups is 1. The molecule has 0 fully saturated rings. The van der Waals surface area contributed by atoms with Crippen molar-refractivity contribution in [3.63, 3.8) is 0 Å². The van der Waals surface area contributed by atoms with Crippen LogP contribution in [-0.2, 0) is 22.4 Å². The number of aryl methyl sites for hydroxylation is 2. The third-order valence-electron chi connectivity index (χ3n) is 6.44. The van der Waals surface area contributed by atoms with Crippen molar-refractivity contribution in [1.29, 1.82) is 0 Å². The minimum absolute atomic E-state index is 0.0788. The van der Waals surface area contributed by atoms with E-state index in [1.807, 2.05) is 37.3 Å². The van der Waals surface area contributed by atoms with Gasteiger partial charge < -0.3 is 10.1 Å². The van der Waals surface area contributed by atoms with Crippen LogP contribution in [0.5, 0.6) is 0 Å². The van der Waals surface area contributed by atoms with E-state index < -0.39 is 0 Å². The molecule has 1 aliphatic rings. The number of hydrogen-bond donors (Lipinski definition) is 1. The second-order valence-corrected chi connectivity index (χ2v) is 11.2. The first kappa shape index (κ1) is 26.2. The molecule has 0 saturated carbocycles. The zero-order chi connectivity index (χ0) is 26.5. The maximum Gasteiger partial charge on any atom is 0.338 e. The number of aromatic nitrogens is 2. The van der Waals surface area contributed by atoms with Gasteiger partial charge in [0, 0.05) is 10.6 Å². The smallest absolute Gasteiger partial charge is 0.338 e. The van der Waals surface area contributed by atoms with Crippen molar-refractivity contribution in [3.05, 3.63) is 81.0 Å². The van der Waals surface area contributed by atoms with Gasteiger partial charge in [0.25, 0.3) is 5.56 Å². The van der Waals surface area contributed by atoms with Gasteiger partial charge in [-0.2, -0.15) is 0 Å². The van der Waals surface area contributed by atoms with Crippen molar-refractivity contribution < 1.29 is 14.3 Å². The number of nitrogens with zero attached hydrogens (tertiary/aromatic N) is 2. The van der Waals surface area contributed by atoms with Crippen molar-refractivity contribution in [1.82, 2.24) is 9.55 Å². The number of benzene rings is 2. The number of unbranched alkanes of at least 4 members (excludes halogenated alkanes) is 1. The van der Waals surface area contributed by atoms with Crippen LogP contribution in [0.4, 0.5) is 5.69 Å². The lowest BCUT2D eigenvalue weighted by Crippen LogP contribution is -2.23. The Morgan fingerprint density at radius 1 is 1.08 bits per heavy atom. The number of nitrogens with one attached hydrogen (secondary N) is 1. The molecule has 0 atom stereocenters. The van der Waals surface area contributed by atoms with Crippen LogP contribution in [0.2, 0.25) is 0 Å². The Morgan fingerprint density at radius 3 is 2.61 bits per heavy atom. The Morgan fingerprint density at radius 2 is 1.84 bits per heavy atom. The van der Waals surface area contributed by atoms with Crippen LogP contribution < -0.4 is 10.9 Å². The third-order valence-corrected chi connectivity index (χ3v) is 8.56. The van der Waals surface area contributed by atoms with Crippen LogP contribution >= 0.6 is 23.1 Å². The fourth-order valence-electron chi connectivity index (χ4n) is 4.50. The monoisotopic (exact) mass is 547 g/mol. The van der Waals surface area contributed by atoms with Crippen molar-refractivity contribution in [2.45, 2.75) is 50.6 Å². The lowest BCUT2D eigenvalue weighted by atomic mass is 9.97. The van der Waals surface area contributed by atoms with E-state index in [9.17, 15) is 14.4 Å². The molecule has 1 aliphatic carbocycles. The topological polar surface area (TPSA) is 90.3 Å². The number of carbonyl (C=O) groups is 2. The number of rotatable bonds is 9.